The molecule has 2 aromatic carbocycles. The number of carbonyl (C=O) groups is 1. The van der Waals surface area contributed by atoms with Crippen molar-refractivity contribution in [2.45, 2.75) is 26.9 Å². The maximum absolute atomic E-state index is 12.1. The maximum atomic E-state index is 12.1. The Labute approximate surface area is 148 Å². The number of amides is 1. The van der Waals surface area contributed by atoms with Gasteiger partial charge in [-0.25, -0.2) is 0 Å². The minimum atomic E-state index is -0.571. The Balaban J connectivity index is 1.75. The van der Waals surface area contributed by atoms with Gasteiger partial charge in [0.25, 0.3) is 5.91 Å². The van der Waals surface area contributed by atoms with E-state index in [0.29, 0.717) is 24.7 Å². The van der Waals surface area contributed by atoms with Crippen molar-refractivity contribution in [3.8, 4) is 17.2 Å². The van der Waals surface area contributed by atoms with E-state index in [1.165, 1.54) is 0 Å². The van der Waals surface area contributed by atoms with Gasteiger partial charge in [0.05, 0.1) is 13.7 Å². The summed E-state index contributed by atoms with van der Waals surface area (Å²) in [6.07, 6.45) is -0.571. The van der Waals surface area contributed by atoms with Gasteiger partial charge in [-0.3, -0.25) is 4.79 Å². The smallest absolute Gasteiger partial charge is 0.260 e. The lowest BCUT2D eigenvalue weighted by Gasteiger charge is -2.16. The predicted octanol–water partition coefficient (Wildman–Crippen LogP) is 3.27. The average Bonchev–Trinajstić information content (AvgIpc) is 2.57. The fraction of sp³-hybridized carbons (Fsp3) is 0.350. The molecule has 0 spiro atoms. The molecule has 0 saturated heterocycles. The van der Waals surface area contributed by atoms with Crippen LogP contribution in [0.25, 0.3) is 0 Å². The lowest BCUT2D eigenvalue weighted by molar-refractivity contribution is -0.127. The molecule has 0 fully saturated rings. The van der Waals surface area contributed by atoms with Gasteiger partial charge in [0.2, 0.25) is 0 Å². The van der Waals surface area contributed by atoms with Gasteiger partial charge in [-0.1, -0.05) is 12.1 Å². The summed E-state index contributed by atoms with van der Waals surface area (Å²) in [5.41, 5.74) is 2.21. The summed E-state index contributed by atoms with van der Waals surface area (Å²) in [5, 5.41) is 2.81. The quantitative estimate of drug-likeness (QED) is 0.748. The van der Waals surface area contributed by atoms with Gasteiger partial charge in [-0.2, -0.15) is 0 Å². The lowest BCUT2D eigenvalue weighted by atomic mass is 10.1. The van der Waals surface area contributed by atoms with E-state index in [9.17, 15) is 4.79 Å². The minimum Gasteiger partial charge on any atom is -0.497 e. The summed E-state index contributed by atoms with van der Waals surface area (Å²) in [5.74, 6) is 1.96. The monoisotopic (exact) mass is 343 g/mol. The Morgan fingerprint density at radius 3 is 2.40 bits per heavy atom. The Bertz CT molecular complexity index is 694. The van der Waals surface area contributed by atoms with Gasteiger partial charge in [0.1, 0.15) is 23.9 Å². The van der Waals surface area contributed by atoms with Crippen LogP contribution in [0.15, 0.2) is 42.5 Å². The number of hydrogen-bond acceptors (Lipinski definition) is 4. The van der Waals surface area contributed by atoms with Crippen LogP contribution in [0.4, 0.5) is 0 Å². The van der Waals surface area contributed by atoms with Crippen molar-refractivity contribution in [2.24, 2.45) is 0 Å². The second kappa shape index (κ2) is 8.97. The Morgan fingerprint density at radius 1 is 1.04 bits per heavy atom. The molecule has 25 heavy (non-hydrogen) atoms. The molecule has 1 atom stereocenters. The molecule has 0 aromatic heterocycles. The van der Waals surface area contributed by atoms with Gasteiger partial charge in [0, 0.05) is 6.07 Å². The highest BCUT2D eigenvalue weighted by Gasteiger charge is 2.14. The average molecular weight is 343 g/mol. The van der Waals surface area contributed by atoms with Crippen LogP contribution in [0, 0.1) is 13.8 Å². The van der Waals surface area contributed by atoms with E-state index in [2.05, 4.69) is 11.4 Å². The van der Waals surface area contributed by atoms with E-state index in [-0.39, 0.29) is 5.91 Å². The number of carbonyl (C=O) groups excluding carboxylic acids is 1. The molecule has 1 amide bonds. The van der Waals surface area contributed by atoms with Crippen molar-refractivity contribution < 1.29 is 19.0 Å². The molecule has 0 aliphatic heterocycles. The fourth-order valence-electron chi connectivity index (χ4n) is 2.44. The van der Waals surface area contributed by atoms with Crippen molar-refractivity contribution in [3.63, 3.8) is 0 Å². The molecule has 134 valence electrons. The van der Waals surface area contributed by atoms with E-state index >= 15 is 0 Å². The summed E-state index contributed by atoms with van der Waals surface area (Å²) < 4.78 is 16.4. The molecule has 2 aromatic rings. The topological polar surface area (TPSA) is 56.8 Å². The highest BCUT2D eigenvalue weighted by molar-refractivity contribution is 5.80. The first-order chi connectivity index (χ1) is 12.0. The van der Waals surface area contributed by atoms with E-state index in [1.807, 2.05) is 44.2 Å². The van der Waals surface area contributed by atoms with Crippen LogP contribution in [-0.2, 0) is 4.79 Å². The molecule has 0 aliphatic carbocycles. The van der Waals surface area contributed by atoms with Crippen molar-refractivity contribution >= 4 is 5.91 Å². The van der Waals surface area contributed by atoms with Crippen LogP contribution in [0.1, 0.15) is 18.1 Å². The van der Waals surface area contributed by atoms with Gasteiger partial charge in [-0.15, -0.1) is 0 Å². The molecular formula is C20H25NO4. The molecule has 2 rings (SSSR count). The van der Waals surface area contributed by atoms with Crippen LogP contribution in [0.3, 0.4) is 0 Å². The first-order valence-electron chi connectivity index (χ1n) is 8.27. The second-order valence-corrected chi connectivity index (χ2v) is 5.90. The van der Waals surface area contributed by atoms with Crippen molar-refractivity contribution in [1.82, 2.24) is 5.32 Å². The molecule has 0 heterocycles. The molecule has 0 unspecified atom stereocenters. The molecule has 1 N–H and O–H groups in total. The third-order valence-corrected chi connectivity index (χ3v) is 3.59. The SMILES string of the molecule is COc1cccc(OCCNC(=O)[C@@H](C)Oc2cc(C)cc(C)c2)c1. The number of methoxy groups -OCH3 is 1. The maximum Gasteiger partial charge on any atom is 0.260 e. The van der Waals surface area contributed by atoms with Gasteiger partial charge < -0.3 is 19.5 Å². The zero-order chi connectivity index (χ0) is 18.2. The molecule has 0 saturated carbocycles. The first-order valence-corrected chi connectivity index (χ1v) is 8.27. The number of rotatable bonds is 8. The number of aryl methyl sites for hydroxylation is 2. The molecule has 0 aliphatic rings. The van der Waals surface area contributed by atoms with Crippen molar-refractivity contribution in [2.75, 3.05) is 20.3 Å². The van der Waals surface area contributed by atoms with Gasteiger partial charge >= 0.3 is 0 Å². The summed E-state index contributed by atoms with van der Waals surface area (Å²) in [7, 11) is 1.61. The van der Waals surface area contributed by atoms with E-state index in [4.69, 9.17) is 14.2 Å². The Kier molecular flexibility index (Phi) is 6.69. The van der Waals surface area contributed by atoms with Gasteiger partial charge in [-0.05, 0) is 56.2 Å². The number of ether oxygens (including phenoxy) is 3. The van der Waals surface area contributed by atoms with Crippen LogP contribution in [0.2, 0.25) is 0 Å². The standard InChI is InChI=1S/C20H25NO4/c1-14-10-15(2)12-19(11-14)25-16(3)20(22)21-8-9-24-18-7-5-6-17(13-18)23-4/h5-7,10-13,16H,8-9H2,1-4H3,(H,21,22)/t16-/m1/s1. The second-order valence-electron chi connectivity index (χ2n) is 5.90. The molecular weight excluding hydrogens is 318 g/mol. The third kappa shape index (κ3) is 6.03. The molecule has 5 nitrogen and oxygen atoms in total. The predicted molar refractivity (Wildman–Crippen MR) is 97.5 cm³/mol. The van der Waals surface area contributed by atoms with E-state index in [0.717, 1.165) is 16.9 Å². The fourth-order valence-corrected chi connectivity index (χ4v) is 2.44. The number of benzene rings is 2. The largest absolute Gasteiger partial charge is 0.497 e. The molecule has 5 heteroatoms. The molecule has 0 bridgehead atoms. The zero-order valence-corrected chi connectivity index (χ0v) is 15.2. The summed E-state index contributed by atoms with van der Waals surface area (Å²) in [6, 6.07) is 13.2. The van der Waals surface area contributed by atoms with Crippen molar-refractivity contribution in [3.05, 3.63) is 53.6 Å². The highest BCUT2D eigenvalue weighted by Crippen LogP contribution is 2.19. The number of hydrogen-bond donors (Lipinski definition) is 1. The van der Waals surface area contributed by atoms with Gasteiger partial charge in [0.15, 0.2) is 6.10 Å². The first kappa shape index (κ1) is 18.6. The summed E-state index contributed by atoms with van der Waals surface area (Å²) >= 11 is 0. The summed E-state index contributed by atoms with van der Waals surface area (Å²) in [6.45, 7) is 6.50. The van der Waals surface area contributed by atoms with Crippen LogP contribution >= 0.6 is 0 Å². The van der Waals surface area contributed by atoms with Crippen LogP contribution in [-0.4, -0.2) is 32.3 Å². The van der Waals surface area contributed by atoms with E-state index < -0.39 is 6.10 Å². The van der Waals surface area contributed by atoms with E-state index in [1.54, 1.807) is 20.1 Å². The Morgan fingerprint density at radius 2 is 1.72 bits per heavy atom. The minimum absolute atomic E-state index is 0.173. The molecule has 0 radical (unpaired) electrons. The highest BCUT2D eigenvalue weighted by atomic mass is 16.5. The zero-order valence-electron chi connectivity index (χ0n) is 15.2. The number of nitrogens with one attached hydrogen (secondary N) is 1. The van der Waals surface area contributed by atoms with Crippen LogP contribution < -0.4 is 19.5 Å². The van der Waals surface area contributed by atoms with Crippen molar-refractivity contribution in [1.29, 1.82) is 0 Å². The normalized spacial score (nSPS) is 11.5. The summed E-state index contributed by atoms with van der Waals surface area (Å²) in [4.78, 5) is 12.1. The van der Waals surface area contributed by atoms with Crippen LogP contribution in [0.5, 0.6) is 17.2 Å². The Hall–Kier alpha value is -2.69. The third-order valence-electron chi connectivity index (χ3n) is 3.59. The lowest BCUT2D eigenvalue weighted by Crippen LogP contribution is -2.38.